The van der Waals surface area contributed by atoms with Gasteiger partial charge in [-0.25, -0.2) is 8.78 Å². The fourth-order valence-electron chi connectivity index (χ4n) is 3.35. The van der Waals surface area contributed by atoms with Crippen LogP contribution in [0.25, 0.3) is 0 Å². The summed E-state index contributed by atoms with van der Waals surface area (Å²) in [6.45, 7) is 2.15. The third kappa shape index (κ3) is 3.24. The van der Waals surface area contributed by atoms with Crippen molar-refractivity contribution in [2.45, 2.75) is 12.8 Å². The fraction of sp³-hybridized carbons (Fsp3) is 0.263. The van der Waals surface area contributed by atoms with Crippen molar-refractivity contribution >= 4 is 11.9 Å². The maximum Gasteiger partial charge on any atom is 0.308 e. The van der Waals surface area contributed by atoms with Gasteiger partial charge in [-0.1, -0.05) is 24.3 Å². The highest BCUT2D eigenvalue weighted by Gasteiger charge is 2.41. The molecule has 1 amide bonds. The standard InChI is InChI=1S/C19H17F2NO3/c1-11-4-2-3-5-13(11)14-9-22(10-15(14)19(24)25)18(23)12-6-7-16(20)17(21)8-12/h2-8,14-15H,9-10H2,1H3,(H,24,25)/t14-,15+/m0/s1. The average Bonchev–Trinajstić information content (AvgIpc) is 3.02. The second-order valence-electron chi connectivity index (χ2n) is 6.25. The van der Waals surface area contributed by atoms with E-state index in [0.717, 1.165) is 23.3 Å². The van der Waals surface area contributed by atoms with Crippen LogP contribution in [0.4, 0.5) is 8.78 Å². The number of hydrogen-bond acceptors (Lipinski definition) is 2. The Morgan fingerprint density at radius 1 is 1.08 bits per heavy atom. The lowest BCUT2D eigenvalue weighted by Gasteiger charge is -2.18. The second kappa shape index (κ2) is 6.63. The van der Waals surface area contributed by atoms with Crippen LogP contribution in [0.5, 0.6) is 0 Å². The van der Waals surface area contributed by atoms with Gasteiger partial charge in [0.2, 0.25) is 0 Å². The average molecular weight is 345 g/mol. The molecule has 0 aromatic heterocycles. The lowest BCUT2D eigenvalue weighted by atomic mass is 9.86. The number of benzene rings is 2. The molecular formula is C19H17F2NO3. The van der Waals surface area contributed by atoms with Crippen LogP contribution in [-0.2, 0) is 4.79 Å². The van der Waals surface area contributed by atoms with Crippen molar-refractivity contribution < 1.29 is 23.5 Å². The highest BCUT2D eigenvalue weighted by atomic mass is 19.2. The van der Waals surface area contributed by atoms with Crippen molar-refractivity contribution in [3.05, 3.63) is 70.8 Å². The minimum atomic E-state index is -1.10. The summed E-state index contributed by atoms with van der Waals surface area (Å²) in [5.41, 5.74) is 1.85. The van der Waals surface area contributed by atoms with Gasteiger partial charge in [0.05, 0.1) is 5.92 Å². The first-order valence-electron chi connectivity index (χ1n) is 7.91. The van der Waals surface area contributed by atoms with Crippen LogP contribution in [-0.4, -0.2) is 35.0 Å². The maximum absolute atomic E-state index is 13.4. The topological polar surface area (TPSA) is 57.6 Å². The lowest BCUT2D eigenvalue weighted by molar-refractivity contribution is -0.141. The molecule has 0 unspecified atom stereocenters. The van der Waals surface area contributed by atoms with Gasteiger partial charge in [0, 0.05) is 24.6 Å². The van der Waals surface area contributed by atoms with E-state index < -0.39 is 29.4 Å². The van der Waals surface area contributed by atoms with Gasteiger partial charge in [-0.2, -0.15) is 0 Å². The third-order valence-electron chi connectivity index (χ3n) is 4.68. The van der Waals surface area contributed by atoms with Crippen LogP contribution in [0.1, 0.15) is 27.4 Å². The summed E-state index contributed by atoms with van der Waals surface area (Å²) in [6, 6.07) is 10.4. The Balaban J connectivity index is 1.89. The van der Waals surface area contributed by atoms with Crippen LogP contribution >= 0.6 is 0 Å². The van der Waals surface area contributed by atoms with Crippen LogP contribution in [0.2, 0.25) is 0 Å². The van der Waals surface area contributed by atoms with E-state index >= 15 is 0 Å². The number of hydrogen-bond donors (Lipinski definition) is 1. The Hall–Kier alpha value is -2.76. The smallest absolute Gasteiger partial charge is 0.308 e. The molecule has 3 rings (SSSR count). The maximum atomic E-state index is 13.4. The van der Waals surface area contributed by atoms with Crippen LogP contribution in [0, 0.1) is 24.5 Å². The van der Waals surface area contributed by atoms with Gasteiger partial charge in [0.25, 0.3) is 5.91 Å². The number of aryl methyl sites for hydroxylation is 1. The third-order valence-corrected chi connectivity index (χ3v) is 4.68. The van der Waals surface area contributed by atoms with Crippen molar-refractivity contribution in [1.82, 2.24) is 4.90 Å². The first-order chi connectivity index (χ1) is 11.9. The zero-order chi connectivity index (χ0) is 18.1. The molecule has 0 aliphatic carbocycles. The molecule has 2 aromatic rings. The predicted octanol–water partition coefficient (Wildman–Crippen LogP) is 3.21. The number of aliphatic carboxylic acids is 1. The Bertz CT molecular complexity index is 837. The summed E-state index contributed by atoms with van der Waals surface area (Å²) in [7, 11) is 0. The van der Waals surface area contributed by atoms with Gasteiger partial charge in [-0.15, -0.1) is 0 Å². The number of rotatable bonds is 3. The molecule has 1 saturated heterocycles. The molecule has 0 bridgehead atoms. The highest BCUT2D eigenvalue weighted by molar-refractivity contribution is 5.95. The molecule has 0 saturated carbocycles. The van der Waals surface area contributed by atoms with Crippen molar-refractivity contribution in [2.24, 2.45) is 5.92 Å². The number of carbonyl (C=O) groups is 2. The summed E-state index contributed by atoms with van der Waals surface area (Å²) in [5, 5.41) is 9.54. The number of carbonyl (C=O) groups excluding carboxylic acids is 1. The molecule has 2 atom stereocenters. The molecule has 2 aromatic carbocycles. The zero-order valence-electron chi connectivity index (χ0n) is 13.6. The number of amides is 1. The molecule has 25 heavy (non-hydrogen) atoms. The monoisotopic (exact) mass is 345 g/mol. The predicted molar refractivity (Wildman–Crippen MR) is 87.3 cm³/mol. The molecular weight excluding hydrogens is 328 g/mol. The molecule has 1 heterocycles. The lowest BCUT2D eigenvalue weighted by Crippen LogP contribution is -2.30. The van der Waals surface area contributed by atoms with E-state index in [2.05, 4.69) is 0 Å². The van der Waals surface area contributed by atoms with Gasteiger partial charge in [0.15, 0.2) is 11.6 Å². The quantitative estimate of drug-likeness (QED) is 0.929. The van der Waals surface area contributed by atoms with E-state index in [-0.39, 0.29) is 24.6 Å². The van der Waals surface area contributed by atoms with Crippen LogP contribution in [0.15, 0.2) is 42.5 Å². The van der Waals surface area contributed by atoms with Crippen molar-refractivity contribution in [2.75, 3.05) is 13.1 Å². The number of carboxylic acid groups (broad SMARTS) is 1. The van der Waals surface area contributed by atoms with E-state index in [1.54, 1.807) is 0 Å². The summed E-state index contributed by atoms with van der Waals surface area (Å²) in [6.07, 6.45) is 0. The SMILES string of the molecule is Cc1ccccc1[C@@H]1CN(C(=O)c2ccc(F)c(F)c2)C[C@H]1C(=O)O. The van der Waals surface area contributed by atoms with Crippen molar-refractivity contribution in [3.8, 4) is 0 Å². The van der Waals surface area contributed by atoms with Gasteiger partial charge >= 0.3 is 5.97 Å². The minimum absolute atomic E-state index is 0.00784. The largest absolute Gasteiger partial charge is 0.481 e. The van der Waals surface area contributed by atoms with Gasteiger partial charge in [-0.05, 0) is 36.2 Å². The van der Waals surface area contributed by atoms with E-state index in [4.69, 9.17) is 0 Å². The molecule has 130 valence electrons. The summed E-state index contributed by atoms with van der Waals surface area (Å²) in [4.78, 5) is 25.6. The van der Waals surface area contributed by atoms with E-state index in [1.165, 1.54) is 11.0 Å². The fourth-order valence-corrected chi connectivity index (χ4v) is 3.35. The van der Waals surface area contributed by atoms with E-state index in [0.29, 0.717) is 0 Å². The molecule has 0 radical (unpaired) electrons. The van der Waals surface area contributed by atoms with Gasteiger partial charge < -0.3 is 10.0 Å². The van der Waals surface area contributed by atoms with E-state index in [9.17, 15) is 23.5 Å². The second-order valence-corrected chi connectivity index (χ2v) is 6.25. The number of carboxylic acids is 1. The van der Waals surface area contributed by atoms with Crippen LogP contribution < -0.4 is 0 Å². The number of nitrogens with zero attached hydrogens (tertiary/aromatic N) is 1. The van der Waals surface area contributed by atoms with Crippen molar-refractivity contribution in [1.29, 1.82) is 0 Å². The molecule has 1 N–H and O–H groups in total. The molecule has 0 spiro atoms. The first kappa shape index (κ1) is 17.1. The number of halogens is 2. The molecule has 6 heteroatoms. The van der Waals surface area contributed by atoms with E-state index in [1.807, 2.05) is 31.2 Å². The summed E-state index contributed by atoms with van der Waals surface area (Å²) in [5.74, 6) is -4.69. The zero-order valence-corrected chi connectivity index (χ0v) is 13.6. The Morgan fingerprint density at radius 3 is 2.44 bits per heavy atom. The van der Waals surface area contributed by atoms with Crippen LogP contribution in [0.3, 0.4) is 0 Å². The molecule has 4 nitrogen and oxygen atoms in total. The van der Waals surface area contributed by atoms with Gasteiger partial charge in [0.1, 0.15) is 0 Å². The Morgan fingerprint density at radius 2 is 1.80 bits per heavy atom. The highest BCUT2D eigenvalue weighted by Crippen LogP contribution is 2.35. The molecule has 1 aliphatic rings. The van der Waals surface area contributed by atoms with Crippen molar-refractivity contribution in [3.63, 3.8) is 0 Å². The first-order valence-corrected chi connectivity index (χ1v) is 7.91. The number of likely N-dealkylation sites (tertiary alicyclic amines) is 1. The Kier molecular flexibility index (Phi) is 4.53. The summed E-state index contributed by atoms with van der Waals surface area (Å²) >= 11 is 0. The molecule has 1 fully saturated rings. The molecule has 1 aliphatic heterocycles. The van der Waals surface area contributed by atoms with Gasteiger partial charge in [-0.3, -0.25) is 9.59 Å². The summed E-state index contributed by atoms with van der Waals surface area (Å²) < 4.78 is 26.4. The minimum Gasteiger partial charge on any atom is -0.481 e. The Labute approximate surface area is 143 Å². The normalized spacial score (nSPS) is 19.9.